The monoisotopic (exact) mass is 391 g/mol. The number of H-pyrrole nitrogens is 2. The zero-order valence-corrected chi connectivity index (χ0v) is 13.5. The molecule has 2 aromatic heterocycles. The van der Waals surface area contributed by atoms with Gasteiger partial charge in [-0.2, -0.15) is 9.55 Å². The molecule has 16 heteroatoms. The maximum absolute atomic E-state index is 12.0. The number of nitrogen functional groups attached to an aromatic ring is 1. The number of nitrogens with one attached hydrogen (secondary N) is 2. The zero-order valence-electron chi connectivity index (χ0n) is 12.6. The third-order valence-electron chi connectivity index (χ3n) is 4.01. The molecule has 2 aromatic rings. The lowest BCUT2D eigenvalue weighted by Gasteiger charge is -2.27. The maximum Gasteiger partial charge on any atom is 0.472 e. The Morgan fingerprint density at radius 2 is 2.15 bits per heavy atom. The summed E-state index contributed by atoms with van der Waals surface area (Å²) in [7, 11) is -4.37. The predicted octanol–water partition coefficient (Wildman–Crippen LogP) is -2.82. The third-order valence-corrected chi connectivity index (χ3v) is 4.99. The molecule has 2 aliphatic rings. The number of hydrogen-bond donors (Lipinski definition) is 5. The molecule has 0 aliphatic carbocycles. The number of phosphoric acid groups is 1. The number of rotatable bonds is 1. The molecule has 4 rings (SSSR count). The summed E-state index contributed by atoms with van der Waals surface area (Å²) in [5.74, 6) is -0.311. The number of aromatic nitrogens is 4. The lowest BCUT2D eigenvalue weighted by Crippen LogP contribution is -2.40. The van der Waals surface area contributed by atoms with Crippen LogP contribution in [0, 0.1) is 10.4 Å². The van der Waals surface area contributed by atoms with Crippen molar-refractivity contribution in [3.63, 3.8) is 0 Å². The van der Waals surface area contributed by atoms with Gasteiger partial charge in [-0.25, -0.2) is 9.55 Å². The molecule has 6 N–H and O–H groups in total. The van der Waals surface area contributed by atoms with Gasteiger partial charge in [0.15, 0.2) is 0 Å². The van der Waals surface area contributed by atoms with Gasteiger partial charge in [-0.05, 0) is 0 Å². The number of aromatic amines is 2. The van der Waals surface area contributed by atoms with Crippen molar-refractivity contribution < 1.29 is 28.3 Å². The van der Waals surface area contributed by atoms with Crippen LogP contribution in [0.2, 0.25) is 0 Å². The van der Waals surface area contributed by atoms with Crippen LogP contribution in [0.4, 0.5) is 5.95 Å². The minimum Gasteiger partial charge on any atom is -0.744 e. The molecule has 0 saturated carbocycles. The van der Waals surface area contributed by atoms with Crippen LogP contribution < -0.4 is 21.8 Å². The summed E-state index contributed by atoms with van der Waals surface area (Å²) in [6.45, 7) is -0.376. The Kier molecular flexibility index (Phi) is 3.62. The van der Waals surface area contributed by atoms with E-state index in [-0.39, 0.29) is 23.7 Å². The molecule has 142 valence electrons. The Labute approximate surface area is 142 Å². The number of anilines is 1. The second-order valence-corrected chi connectivity index (χ2v) is 7.02. The molecule has 0 bridgehead atoms. The van der Waals surface area contributed by atoms with Gasteiger partial charge in [0.1, 0.15) is 18.3 Å². The van der Waals surface area contributed by atoms with Crippen LogP contribution in [0.5, 0.6) is 0 Å². The summed E-state index contributed by atoms with van der Waals surface area (Å²) in [4.78, 5) is 28.8. The first kappa shape index (κ1) is 17.0. The Bertz CT molecular complexity index is 1050. The number of phosphoric ester groups is 1. The standard InChI is InChI=1S/C10H12N6O9P/c11-9-13-6-3(7(18)14-9)12-10(16(19)20)15(6)8-4(17)5-2(24-8)1-23-26(21,22)25-5/h2,4-5,8,12,17H,1H2,(H4-,11,13,14,18,19,20,21,22)/q-1/t2-,4-,5-,8-/m1/s1. The Morgan fingerprint density at radius 3 is 2.85 bits per heavy atom. The Hall–Kier alpha value is -2.42. The van der Waals surface area contributed by atoms with Gasteiger partial charge in [0, 0.05) is 0 Å². The zero-order chi connectivity index (χ0) is 18.8. The van der Waals surface area contributed by atoms with E-state index in [0.29, 0.717) is 0 Å². The second-order valence-electron chi connectivity index (χ2n) is 5.62. The van der Waals surface area contributed by atoms with E-state index in [1.54, 1.807) is 0 Å². The number of nitrogens with two attached hydrogens (primary N) is 1. The summed E-state index contributed by atoms with van der Waals surface area (Å²) in [6.07, 6.45) is -5.29. The maximum atomic E-state index is 12.0. The highest BCUT2D eigenvalue weighted by atomic mass is 31.2. The molecule has 2 fully saturated rings. The summed E-state index contributed by atoms with van der Waals surface area (Å²) >= 11 is 0. The highest BCUT2D eigenvalue weighted by Crippen LogP contribution is 2.52. The number of imidazole rings is 1. The highest BCUT2D eigenvalue weighted by Gasteiger charge is 2.54. The topological polar surface area (TPSA) is 227 Å². The number of nitrogens with zero attached hydrogens (tertiary/aromatic N) is 3. The van der Waals surface area contributed by atoms with Crippen LogP contribution in [0.15, 0.2) is 4.79 Å². The molecular formula is C10H12N6O9P-. The van der Waals surface area contributed by atoms with Crippen molar-refractivity contribution in [1.29, 1.82) is 0 Å². The Morgan fingerprint density at radius 1 is 1.42 bits per heavy atom. The molecule has 2 aliphatic heterocycles. The quantitative estimate of drug-likeness (QED) is 0.246. The predicted molar refractivity (Wildman–Crippen MR) is 81.7 cm³/mol. The van der Waals surface area contributed by atoms with Crippen LogP contribution in [0.1, 0.15) is 6.23 Å². The third kappa shape index (κ3) is 2.49. The molecule has 0 spiro atoms. The van der Waals surface area contributed by atoms with Crippen LogP contribution >= 0.6 is 7.82 Å². The van der Waals surface area contributed by atoms with Crippen molar-refractivity contribution in [2.45, 2.75) is 24.5 Å². The fraction of sp³-hybridized carbons (Fsp3) is 0.500. The van der Waals surface area contributed by atoms with Crippen LogP contribution in [0.3, 0.4) is 0 Å². The van der Waals surface area contributed by atoms with Crippen molar-refractivity contribution in [3.8, 4) is 0 Å². The molecule has 5 atom stereocenters. The van der Waals surface area contributed by atoms with E-state index < -0.39 is 48.4 Å². The number of fused-ring (bicyclic) bond motifs is 2. The second kappa shape index (κ2) is 5.54. The van der Waals surface area contributed by atoms with E-state index in [4.69, 9.17) is 15.0 Å². The van der Waals surface area contributed by atoms with Gasteiger partial charge in [0.05, 0.1) is 6.61 Å². The fourth-order valence-corrected chi connectivity index (χ4v) is 3.93. The first-order valence-corrected chi connectivity index (χ1v) is 8.64. The van der Waals surface area contributed by atoms with Crippen molar-refractivity contribution in [2.75, 3.05) is 12.3 Å². The van der Waals surface area contributed by atoms with Crippen molar-refractivity contribution in [2.24, 2.45) is 0 Å². The first-order valence-electron chi connectivity index (χ1n) is 7.14. The molecule has 0 amide bonds. The van der Waals surface area contributed by atoms with E-state index in [1.165, 1.54) is 0 Å². The number of ether oxygens (including phenoxy) is 1. The molecule has 4 heterocycles. The van der Waals surface area contributed by atoms with E-state index >= 15 is 0 Å². The van der Waals surface area contributed by atoms with Gasteiger partial charge in [-0.1, -0.05) is 0 Å². The average molecular weight is 391 g/mol. The highest BCUT2D eigenvalue weighted by molar-refractivity contribution is 7.47. The van der Waals surface area contributed by atoms with Gasteiger partial charge in [-0.15, -0.1) is 0 Å². The summed E-state index contributed by atoms with van der Waals surface area (Å²) < 4.78 is 27.3. The smallest absolute Gasteiger partial charge is 0.472 e. The Balaban J connectivity index is 1.90. The minimum atomic E-state index is -4.37. The molecule has 26 heavy (non-hydrogen) atoms. The van der Waals surface area contributed by atoms with Crippen LogP contribution in [-0.2, 0) is 18.3 Å². The van der Waals surface area contributed by atoms with Crippen LogP contribution in [0.25, 0.3) is 11.2 Å². The number of aliphatic hydroxyl groups is 1. The first-order chi connectivity index (χ1) is 12.2. The molecular weight excluding hydrogens is 379 g/mol. The molecule has 1 unspecified atom stereocenters. The van der Waals surface area contributed by atoms with Gasteiger partial charge in [0.2, 0.25) is 23.3 Å². The largest absolute Gasteiger partial charge is 0.744 e. The lowest BCUT2D eigenvalue weighted by molar-refractivity contribution is -0.0675. The van der Waals surface area contributed by atoms with E-state index in [2.05, 4.69) is 19.5 Å². The van der Waals surface area contributed by atoms with Gasteiger partial charge >= 0.3 is 13.4 Å². The molecule has 0 radical (unpaired) electrons. The van der Waals surface area contributed by atoms with Crippen LogP contribution in [-0.4, -0.2) is 54.4 Å². The van der Waals surface area contributed by atoms with Gasteiger partial charge in [0.25, 0.3) is 5.56 Å². The fourth-order valence-electron chi connectivity index (χ4n) is 2.96. The van der Waals surface area contributed by atoms with Crippen molar-refractivity contribution in [3.05, 3.63) is 26.4 Å². The number of aliphatic hydroxyl groups excluding tert-OH is 1. The van der Waals surface area contributed by atoms with E-state index in [0.717, 1.165) is 4.57 Å². The van der Waals surface area contributed by atoms with E-state index in [1.807, 2.05) is 0 Å². The normalized spacial score (nSPS) is 34.1. The van der Waals surface area contributed by atoms with E-state index in [9.17, 15) is 29.8 Å². The minimum absolute atomic E-state index is 0.242. The van der Waals surface area contributed by atoms with Gasteiger partial charge in [-0.3, -0.25) is 23.7 Å². The summed E-state index contributed by atoms with van der Waals surface area (Å²) in [5.41, 5.74) is 3.50. The molecule has 0 aromatic carbocycles. The molecule has 2 saturated heterocycles. The average Bonchev–Trinajstić information content (AvgIpc) is 3.05. The van der Waals surface area contributed by atoms with Crippen molar-refractivity contribution in [1.82, 2.24) is 24.4 Å². The summed E-state index contributed by atoms with van der Waals surface area (Å²) in [6, 6.07) is 0. The lowest BCUT2D eigenvalue weighted by atomic mass is 10.1. The number of hydrogen-bond acceptors (Lipinski definition) is 10. The van der Waals surface area contributed by atoms with Gasteiger partial charge < -0.3 is 30.9 Å². The summed E-state index contributed by atoms with van der Waals surface area (Å²) in [5, 5.41) is 33.2. The molecule has 15 nitrogen and oxygen atoms in total. The SMILES string of the molecule is Nc1nc2c([nH]c(=[N+]([O-])[O-])n2[C@@H]2O[C@@H]3COP(=O)(O)O[C@H]3[C@H]2O)c(=O)[nH]1. The van der Waals surface area contributed by atoms with Crippen molar-refractivity contribution >= 4 is 24.9 Å².